The van der Waals surface area contributed by atoms with E-state index in [1.807, 2.05) is 4.90 Å². The van der Waals surface area contributed by atoms with E-state index >= 15 is 0 Å². The fraction of sp³-hybridized carbons (Fsp3) is 0.917. The molecular weight excluding hydrogens is 202 g/mol. The van der Waals surface area contributed by atoms with Gasteiger partial charge in [0.15, 0.2) is 0 Å². The first-order chi connectivity index (χ1) is 7.79. The SMILES string of the molecule is NCC1CC(=O)N(CCCN2CCCC2)C1. The van der Waals surface area contributed by atoms with Gasteiger partial charge in [0.2, 0.25) is 5.91 Å². The third-order valence-electron chi connectivity index (χ3n) is 3.73. The van der Waals surface area contributed by atoms with Crippen LogP contribution in [0.25, 0.3) is 0 Å². The molecule has 1 atom stereocenters. The number of likely N-dealkylation sites (tertiary alicyclic amines) is 2. The lowest BCUT2D eigenvalue weighted by Crippen LogP contribution is -2.30. The molecule has 0 saturated carbocycles. The van der Waals surface area contributed by atoms with E-state index in [2.05, 4.69) is 4.90 Å². The van der Waals surface area contributed by atoms with Gasteiger partial charge < -0.3 is 15.5 Å². The first kappa shape index (κ1) is 11.9. The van der Waals surface area contributed by atoms with Crippen LogP contribution in [0.3, 0.4) is 0 Å². The van der Waals surface area contributed by atoms with Crippen LogP contribution in [0.2, 0.25) is 0 Å². The fourth-order valence-electron chi connectivity index (χ4n) is 2.72. The van der Waals surface area contributed by atoms with Crippen molar-refractivity contribution in [1.29, 1.82) is 0 Å². The van der Waals surface area contributed by atoms with Crippen LogP contribution in [0.4, 0.5) is 0 Å². The van der Waals surface area contributed by atoms with Crippen LogP contribution in [0.15, 0.2) is 0 Å². The zero-order valence-corrected chi connectivity index (χ0v) is 10.0. The van der Waals surface area contributed by atoms with Gasteiger partial charge >= 0.3 is 0 Å². The average Bonchev–Trinajstić information content (AvgIpc) is 2.89. The second kappa shape index (κ2) is 5.64. The number of nitrogens with zero attached hydrogens (tertiary/aromatic N) is 2. The molecule has 0 radical (unpaired) electrons. The number of carbonyl (C=O) groups is 1. The van der Waals surface area contributed by atoms with E-state index in [-0.39, 0.29) is 0 Å². The van der Waals surface area contributed by atoms with Crippen molar-refractivity contribution in [3.63, 3.8) is 0 Å². The van der Waals surface area contributed by atoms with Crippen molar-refractivity contribution in [3.05, 3.63) is 0 Å². The molecule has 2 saturated heterocycles. The molecule has 2 rings (SSSR count). The minimum Gasteiger partial charge on any atom is -0.342 e. The van der Waals surface area contributed by atoms with E-state index in [0.29, 0.717) is 24.8 Å². The molecule has 0 aliphatic carbocycles. The van der Waals surface area contributed by atoms with Gasteiger partial charge in [-0.05, 0) is 51.4 Å². The first-order valence-corrected chi connectivity index (χ1v) is 6.50. The standard InChI is InChI=1S/C12H23N3O/c13-9-11-8-12(16)15(10-11)7-3-6-14-4-1-2-5-14/h11H,1-10,13H2. The van der Waals surface area contributed by atoms with Crippen LogP contribution in [-0.2, 0) is 4.79 Å². The topological polar surface area (TPSA) is 49.6 Å². The van der Waals surface area contributed by atoms with E-state index < -0.39 is 0 Å². The Kier molecular flexibility index (Phi) is 4.18. The quantitative estimate of drug-likeness (QED) is 0.731. The number of amides is 1. The molecule has 2 heterocycles. The van der Waals surface area contributed by atoms with Crippen molar-refractivity contribution >= 4 is 5.91 Å². The second-order valence-electron chi connectivity index (χ2n) is 5.05. The summed E-state index contributed by atoms with van der Waals surface area (Å²) in [4.78, 5) is 16.1. The van der Waals surface area contributed by atoms with Crippen molar-refractivity contribution in [1.82, 2.24) is 9.80 Å². The molecule has 0 aromatic carbocycles. The molecule has 2 aliphatic rings. The average molecular weight is 225 g/mol. The van der Waals surface area contributed by atoms with Crippen molar-refractivity contribution in [3.8, 4) is 0 Å². The van der Waals surface area contributed by atoms with E-state index in [4.69, 9.17) is 5.73 Å². The first-order valence-electron chi connectivity index (χ1n) is 6.50. The Labute approximate surface area is 97.8 Å². The summed E-state index contributed by atoms with van der Waals surface area (Å²) < 4.78 is 0. The summed E-state index contributed by atoms with van der Waals surface area (Å²) in [5.74, 6) is 0.705. The lowest BCUT2D eigenvalue weighted by atomic mass is 10.1. The summed E-state index contributed by atoms with van der Waals surface area (Å²) in [5.41, 5.74) is 5.60. The van der Waals surface area contributed by atoms with Crippen LogP contribution in [0.5, 0.6) is 0 Å². The lowest BCUT2D eigenvalue weighted by molar-refractivity contribution is -0.127. The van der Waals surface area contributed by atoms with Crippen molar-refractivity contribution in [2.75, 3.05) is 39.3 Å². The van der Waals surface area contributed by atoms with E-state index in [0.717, 1.165) is 26.1 Å². The monoisotopic (exact) mass is 225 g/mol. The Morgan fingerprint density at radius 3 is 2.62 bits per heavy atom. The number of nitrogens with two attached hydrogens (primary N) is 1. The molecule has 2 fully saturated rings. The molecule has 92 valence electrons. The van der Waals surface area contributed by atoms with Gasteiger partial charge in [-0.3, -0.25) is 4.79 Å². The highest BCUT2D eigenvalue weighted by Gasteiger charge is 2.27. The normalized spacial score (nSPS) is 26.9. The van der Waals surface area contributed by atoms with Crippen LogP contribution in [0, 0.1) is 5.92 Å². The van der Waals surface area contributed by atoms with E-state index in [9.17, 15) is 4.79 Å². The van der Waals surface area contributed by atoms with Gasteiger partial charge in [-0.25, -0.2) is 0 Å². The second-order valence-corrected chi connectivity index (χ2v) is 5.05. The van der Waals surface area contributed by atoms with Crippen LogP contribution >= 0.6 is 0 Å². The van der Waals surface area contributed by atoms with E-state index in [1.165, 1.54) is 25.9 Å². The summed E-state index contributed by atoms with van der Waals surface area (Å²) in [7, 11) is 0. The highest BCUT2D eigenvalue weighted by Crippen LogP contribution is 2.17. The molecular formula is C12H23N3O. The molecule has 2 aliphatic heterocycles. The summed E-state index contributed by atoms with van der Waals surface area (Å²) in [6.07, 6.45) is 4.47. The predicted molar refractivity (Wildman–Crippen MR) is 64.0 cm³/mol. The highest BCUT2D eigenvalue weighted by molar-refractivity contribution is 5.78. The zero-order chi connectivity index (χ0) is 11.4. The van der Waals surface area contributed by atoms with Gasteiger partial charge in [0.25, 0.3) is 0 Å². The van der Waals surface area contributed by atoms with Gasteiger partial charge in [-0.2, -0.15) is 0 Å². The zero-order valence-electron chi connectivity index (χ0n) is 10.0. The molecule has 0 aromatic heterocycles. The lowest BCUT2D eigenvalue weighted by Gasteiger charge is -2.19. The Hall–Kier alpha value is -0.610. The molecule has 4 heteroatoms. The molecule has 1 amide bonds. The van der Waals surface area contributed by atoms with Gasteiger partial charge in [-0.1, -0.05) is 0 Å². The smallest absolute Gasteiger partial charge is 0.222 e. The number of hydrogen-bond donors (Lipinski definition) is 1. The maximum absolute atomic E-state index is 11.6. The van der Waals surface area contributed by atoms with Crippen LogP contribution in [0.1, 0.15) is 25.7 Å². The summed E-state index contributed by atoms with van der Waals surface area (Å²) >= 11 is 0. The summed E-state index contributed by atoms with van der Waals surface area (Å²) in [6.45, 7) is 6.10. The van der Waals surface area contributed by atoms with Crippen molar-refractivity contribution in [2.24, 2.45) is 11.7 Å². The van der Waals surface area contributed by atoms with Crippen LogP contribution in [-0.4, -0.2) is 55.0 Å². The maximum atomic E-state index is 11.6. The third-order valence-corrected chi connectivity index (χ3v) is 3.73. The largest absolute Gasteiger partial charge is 0.342 e. The van der Waals surface area contributed by atoms with Crippen LogP contribution < -0.4 is 5.73 Å². The van der Waals surface area contributed by atoms with Gasteiger partial charge in [0.1, 0.15) is 0 Å². The number of rotatable bonds is 5. The molecule has 0 bridgehead atoms. The van der Waals surface area contributed by atoms with Crippen molar-refractivity contribution < 1.29 is 4.79 Å². The maximum Gasteiger partial charge on any atom is 0.222 e. The Bertz CT molecular complexity index is 238. The van der Waals surface area contributed by atoms with Gasteiger partial charge in [0.05, 0.1) is 0 Å². The molecule has 1 unspecified atom stereocenters. The number of hydrogen-bond acceptors (Lipinski definition) is 3. The van der Waals surface area contributed by atoms with Gasteiger partial charge in [0, 0.05) is 19.5 Å². The predicted octanol–water partition coefficient (Wildman–Crippen LogP) is 0.279. The third kappa shape index (κ3) is 2.95. The minimum atomic E-state index is 0.303. The molecule has 2 N–H and O–H groups in total. The molecule has 0 spiro atoms. The Morgan fingerprint density at radius 2 is 2.00 bits per heavy atom. The summed E-state index contributed by atoms with van der Waals surface area (Å²) in [6, 6.07) is 0. The molecule has 4 nitrogen and oxygen atoms in total. The molecule has 0 aromatic rings. The van der Waals surface area contributed by atoms with Crippen molar-refractivity contribution in [2.45, 2.75) is 25.7 Å². The Morgan fingerprint density at radius 1 is 1.25 bits per heavy atom. The molecule has 16 heavy (non-hydrogen) atoms. The fourth-order valence-corrected chi connectivity index (χ4v) is 2.72. The minimum absolute atomic E-state index is 0.303. The highest BCUT2D eigenvalue weighted by atomic mass is 16.2. The summed E-state index contributed by atoms with van der Waals surface area (Å²) in [5, 5.41) is 0. The van der Waals surface area contributed by atoms with Gasteiger partial charge in [-0.15, -0.1) is 0 Å². The Balaban J connectivity index is 1.64. The number of carbonyl (C=O) groups excluding carboxylic acids is 1. The van der Waals surface area contributed by atoms with E-state index in [1.54, 1.807) is 0 Å².